The fourth-order valence-electron chi connectivity index (χ4n) is 2.57. The first kappa shape index (κ1) is 16.8. The maximum absolute atomic E-state index is 13.6. The molecule has 1 amide bonds. The van der Waals surface area contributed by atoms with Crippen LogP contribution in [0.5, 0.6) is 0 Å². The number of nitrogens with one attached hydrogen (secondary N) is 1. The number of rotatable bonds is 4. The third-order valence-electron chi connectivity index (χ3n) is 3.83. The van der Waals surface area contributed by atoms with Gasteiger partial charge in [0.05, 0.1) is 11.2 Å². The third-order valence-corrected chi connectivity index (χ3v) is 3.83. The predicted molar refractivity (Wildman–Crippen MR) is 93.7 cm³/mol. The molecule has 4 aromatic rings. The molecule has 0 spiro atoms. The lowest BCUT2D eigenvalue weighted by Crippen LogP contribution is -2.15. The zero-order valence-electron chi connectivity index (χ0n) is 13.8. The van der Waals surface area contributed by atoms with Crippen LogP contribution in [0.15, 0.2) is 59.1 Å². The van der Waals surface area contributed by atoms with Gasteiger partial charge in [-0.2, -0.15) is 0 Å². The molecule has 0 radical (unpaired) electrons. The van der Waals surface area contributed by atoms with E-state index < -0.39 is 17.5 Å². The third kappa shape index (κ3) is 3.64. The predicted octanol–water partition coefficient (Wildman–Crippen LogP) is 3.74. The Labute approximate surface area is 151 Å². The fraction of sp³-hybridized carbons (Fsp3) is 0.0526. The first-order valence-corrected chi connectivity index (χ1v) is 8.01. The molecule has 0 bridgehead atoms. The average Bonchev–Trinajstić information content (AvgIpc) is 3.12. The van der Waals surface area contributed by atoms with E-state index in [4.69, 9.17) is 4.42 Å². The van der Waals surface area contributed by atoms with Gasteiger partial charge in [0.15, 0.2) is 0 Å². The van der Waals surface area contributed by atoms with Crippen molar-refractivity contribution in [3.63, 3.8) is 0 Å². The molecule has 27 heavy (non-hydrogen) atoms. The first-order chi connectivity index (χ1) is 13.1. The van der Waals surface area contributed by atoms with E-state index in [0.717, 1.165) is 23.0 Å². The fourth-order valence-corrected chi connectivity index (χ4v) is 2.57. The highest BCUT2D eigenvalue weighted by atomic mass is 19.1. The zero-order valence-corrected chi connectivity index (χ0v) is 13.8. The number of amides is 1. The Morgan fingerprint density at radius 2 is 1.96 bits per heavy atom. The number of anilines is 1. The second-order valence-corrected chi connectivity index (χ2v) is 5.76. The Kier molecular flexibility index (Phi) is 4.29. The van der Waals surface area contributed by atoms with Crippen molar-refractivity contribution in [1.29, 1.82) is 0 Å². The summed E-state index contributed by atoms with van der Waals surface area (Å²) in [6.07, 6.45) is 1.47. The first-order valence-electron chi connectivity index (χ1n) is 8.01. The van der Waals surface area contributed by atoms with Gasteiger partial charge in [-0.3, -0.25) is 9.78 Å². The molecule has 0 aliphatic rings. The van der Waals surface area contributed by atoms with Crippen LogP contribution in [0, 0.1) is 11.6 Å². The molecule has 1 N–H and O–H groups in total. The Hall–Kier alpha value is -3.68. The normalized spacial score (nSPS) is 10.9. The van der Waals surface area contributed by atoms with Gasteiger partial charge in [0.25, 0.3) is 0 Å². The van der Waals surface area contributed by atoms with Crippen molar-refractivity contribution >= 4 is 22.5 Å². The Balaban J connectivity index is 1.49. The van der Waals surface area contributed by atoms with E-state index in [1.165, 1.54) is 0 Å². The minimum Gasteiger partial charge on any atom is -0.420 e. The molecule has 2 aromatic heterocycles. The SMILES string of the molecule is O=C(Cc1nnc(-c2ccc3ncccc3c2)o1)Nc1ccc(F)cc1F. The number of benzene rings is 2. The zero-order chi connectivity index (χ0) is 18.8. The van der Waals surface area contributed by atoms with Crippen molar-refractivity contribution in [2.45, 2.75) is 6.42 Å². The van der Waals surface area contributed by atoms with Gasteiger partial charge in [-0.05, 0) is 36.4 Å². The molecule has 0 aliphatic heterocycles. The van der Waals surface area contributed by atoms with Crippen molar-refractivity contribution in [1.82, 2.24) is 15.2 Å². The molecule has 0 saturated carbocycles. The molecule has 8 heteroatoms. The number of pyridine rings is 1. The number of aromatic nitrogens is 3. The van der Waals surface area contributed by atoms with Crippen LogP contribution >= 0.6 is 0 Å². The highest BCUT2D eigenvalue weighted by Crippen LogP contribution is 2.23. The van der Waals surface area contributed by atoms with Gasteiger partial charge < -0.3 is 9.73 Å². The summed E-state index contributed by atoms with van der Waals surface area (Å²) in [5, 5.41) is 11.0. The minimum atomic E-state index is -0.862. The van der Waals surface area contributed by atoms with E-state index in [1.54, 1.807) is 12.3 Å². The van der Waals surface area contributed by atoms with Gasteiger partial charge in [-0.25, -0.2) is 8.78 Å². The lowest BCUT2D eigenvalue weighted by Gasteiger charge is -2.04. The molecular formula is C19H12F2N4O2. The van der Waals surface area contributed by atoms with Crippen LogP contribution in [0.25, 0.3) is 22.4 Å². The van der Waals surface area contributed by atoms with Crippen LogP contribution < -0.4 is 5.32 Å². The average molecular weight is 366 g/mol. The number of carbonyl (C=O) groups is 1. The van der Waals surface area contributed by atoms with Crippen molar-refractivity contribution in [2.75, 3.05) is 5.32 Å². The van der Waals surface area contributed by atoms with Gasteiger partial charge >= 0.3 is 0 Å². The lowest BCUT2D eigenvalue weighted by atomic mass is 10.1. The number of carbonyl (C=O) groups excluding carboxylic acids is 1. The smallest absolute Gasteiger partial charge is 0.247 e. The molecule has 134 valence electrons. The summed E-state index contributed by atoms with van der Waals surface area (Å²) in [6.45, 7) is 0. The summed E-state index contributed by atoms with van der Waals surface area (Å²) in [6, 6.07) is 12.1. The number of halogens is 2. The summed E-state index contributed by atoms with van der Waals surface area (Å²) in [7, 11) is 0. The number of fused-ring (bicyclic) bond motifs is 1. The maximum Gasteiger partial charge on any atom is 0.247 e. The standard InChI is InChI=1S/C19H12F2N4O2/c20-13-4-6-16(14(21)9-13)23-17(26)10-18-24-25-19(27-18)12-3-5-15-11(8-12)2-1-7-22-15/h1-9H,10H2,(H,23,26). The summed E-state index contributed by atoms with van der Waals surface area (Å²) < 4.78 is 32.0. The molecule has 2 heterocycles. The van der Waals surface area contributed by atoms with Crippen molar-refractivity contribution in [3.8, 4) is 11.5 Å². The van der Waals surface area contributed by atoms with Crippen molar-refractivity contribution < 1.29 is 18.0 Å². The topological polar surface area (TPSA) is 80.9 Å². The van der Waals surface area contributed by atoms with E-state index in [-0.39, 0.29) is 23.9 Å². The monoisotopic (exact) mass is 366 g/mol. The van der Waals surface area contributed by atoms with Gasteiger partial charge in [0.1, 0.15) is 18.1 Å². The van der Waals surface area contributed by atoms with E-state index in [1.807, 2.05) is 24.3 Å². The Morgan fingerprint density at radius 1 is 1.07 bits per heavy atom. The van der Waals surface area contributed by atoms with E-state index in [2.05, 4.69) is 20.5 Å². The number of hydrogen-bond donors (Lipinski definition) is 1. The summed E-state index contributed by atoms with van der Waals surface area (Å²) in [5.41, 5.74) is 1.41. The molecule has 0 fully saturated rings. The largest absolute Gasteiger partial charge is 0.420 e. The van der Waals surface area contributed by atoms with Gasteiger partial charge in [0.2, 0.25) is 17.7 Å². The van der Waals surface area contributed by atoms with E-state index >= 15 is 0 Å². The minimum absolute atomic E-state index is 0.0799. The quantitative estimate of drug-likeness (QED) is 0.595. The number of hydrogen-bond acceptors (Lipinski definition) is 5. The Bertz CT molecular complexity index is 1140. The lowest BCUT2D eigenvalue weighted by molar-refractivity contribution is -0.115. The molecule has 6 nitrogen and oxygen atoms in total. The highest BCUT2D eigenvalue weighted by Gasteiger charge is 2.14. The Morgan fingerprint density at radius 3 is 2.81 bits per heavy atom. The van der Waals surface area contributed by atoms with Crippen molar-refractivity contribution in [3.05, 3.63) is 72.3 Å². The maximum atomic E-state index is 13.6. The van der Waals surface area contributed by atoms with Crippen LogP contribution in [0.4, 0.5) is 14.5 Å². The number of nitrogens with zero attached hydrogens (tertiary/aromatic N) is 3. The van der Waals surface area contributed by atoms with Crippen LogP contribution in [0.3, 0.4) is 0 Å². The van der Waals surface area contributed by atoms with Gasteiger partial charge in [-0.15, -0.1) is 10.2 Å². The molecule has 0 atom stereocenters. The van der Waals surface area contributed by atoms with Crippen molar-refractivity contribution in [2.24, 2.45) is 0 Å². The van der Waals surface area contributed by atoms with E-state index in [9.17, 15) is 13.6 Å². The molecule has 4 rings (SSSR count). The summed E-state index contributed by atoms with van der Waals surface area (Å²) in [5.74, 6) is -1.80. The molecular weight excluding hydrogens is 354 g/mol. The summed E-state index contributed by atoms with van der Waals surface area (Å²) in [4.78, 5) is 16.3. The second-order valence-electron chi connectivity index (χ2n) is 5.76. The van der Waals surface area contributed by atoms with Gasteiger partial charge in [-0.1, -0.05) is 6.07 Å². The molecule has 2 aromatic carbocycles. The van der Waals surface area contributed by atoms with Crippen LogP contribution in [-0.4, -0.2) is 21.1 Å². The van der Waals surface area contributed by atoms with Crippen LogP contribution in [-0.2, 0) is 11.2 Å². The highest BCUT2D eigenvalue weighted by molar-refractivity contribution is 5.91. The molecule has 0 unspecified atom stereocenters. The van der Waals surface area contributed by atoms with Crippen LogP contribution in [0.1, 0.15) is 5.89 Å². The van der Waals surface area contributed by atoms with E-state index in [0.29, 0.717) is 11.6 Å². The molecule has 0 saturated heterocycles. The van der Waals surface area contributed by atoms with Gasteiger partial charge in [0, 0.05) is 23.2 Å². The second kappa shape index (κ2) is 6.91. The van der Waals surface area contributed by atoms with Crippen LogP contribution in [0.2, 0.25) is 0 Å². The molecule has 0 aliphatic carbocycles. The summed E-state index contributed by atoms with van der Waals surface area (Å²) >= 11 is 0.